The summed E-state index contributed by atoms with van der Waals surface area (Å²) in [4.78, 5) is 22.7. The van der Waals surface area contributed by atoms with Crippen LogP contribution in [-0.4, -0.2) is 55.1 Å². The Morgan fingerprint density at radius 3 is 2.51 bits per heavy atom. The number of esters is 2. The van der Waals surface area contributed by atoms with Gasteiger partial charge >= 0.3 is 18.1 Å². The third-order valence-corrected chi connectivity index (χ3v) is 6.24. The molecule has 3 aromatic rings. The van der Waals surface area contributed by atoms with Crippen molar-refractivity contribution in [3.05, 3.63) is 83.4 Å². The van der Waals surface area contributed by atoms with E-state index in [1.807, 2.05) is 49.4 Å². The van der Waals surface area contributed by atoms with Crippen molar-refractivity contribution in [1.29, 1.82) is 0 Å². The van der Waals surface area contributed by atoms with E-state index >= 15 is 0 Å². The predicted molar refractivity (Wildman–Crippen MR) is 137 cm³/mol. The largest absolute Gasteiger partial charge is 0.491 e. The average molecular weight is 544 g/mol. The zero-order chi connectivity index (χ0) is 28.0. The summed E-state index contributed by atoms with van der Waals surface area (Å²) in [6, 6.07) is 19.0. The third-order valence-electron chi connectivity index (χ3n) is 6.24. The van der Waals surface area contributed by atoms with Gasteiger partial charge in [0, 0.05) is 13.1 Å². The van der Waals surface area contributed by atoms with Gasteiger partial charge in [-0.3, -0.25) is 0 Å². The van der Waals surface area contributed by atoms with Gasteiger partial charge in [0.2, 0.25) is 0 Å². The van der Waals surface area contributed by atoms with E-state index in [2.05, 4.69) is 10.1 Å². The van der Waals surface area contributed by atoms with Gasteiger partial charge in [-0.2, -0.15) is 13.2 Å². The Balaban J connectivity index is 1.26. The normalized spacial score (nSPS) is 15.6. The average Bonchev–Trinajstić information content (AvgIpc) is 2.92. The predicted octanol–water partition coefficient (Wildman–Crippen LogP) is 4.63. The number of carbonyl (C=O) groups is 2. The lowest BCUT2D eigenvalue weighted by Crippen LogP contribution is -2.39. The highest BCUT2D eigenvalue weighted by molar-refractivity contribution is 5.98. The van der Waals surface area contributed by atoms with E-state index in [4.69, 9.17) is 9.47 Å². The van der Waals surface area contributed by atoms with Gasteiger partial charge in [-0.15, -0.1) is 0 Å². The van der Waals surface area contributed by atoms with Crippen LogP contribution < -0.4 is 14.8 Å². The molecule has 1 unspecified atom stereocenters. The molecule has 39 heavy (non-hydrogen) atoms. The molecular weight excluding hydrogens is 515 g/mol. The van der Waals surface area contributed by atoms with E-state index in [1.165, 1.54) is 12.1 Å². The van der Waals surface area contributed by atoms with Crippen LogP contribution in [0.4, 0.5) is 13.2 Å². The van der Waals surface area contributed by atoms with Crippen LogP contribution in [0.2, 0.25) is 0 Å². The number of rotatable bonds is 9. The molecule has 0 saturated heterocycles. The first-order valence-corrected chi connectivity index (χ1v) is 12.4. The molecule has 0 fully saturated rings. The Morgan fingerprint density at radius 2 is 1.79 bits per heavy atom. The van der Waals surface area contributed by atoms with Crippen LogP contribution in [0.15, 0.2) is 66.7 Å². The number of halogens is 3. The Bertz CT molecular complexity index is 1310. The number of para-hydroxylation sites is 1. The molecule has 1 aliphatic rings. The lowest BCUT2D eigenvalue weighted by Gasteiger charge is -2.27. The van der Waals surface area contributed by atoms with Gasteiger partial charge in [-0.25, -0.2) is 9.59 Å². The molecule has 0 aliphatic carbocycles. The summed E-state index contributed by atoms with van der Waals surface area (Å²) in [5.74, 6) is -2.41. The Morgan fingerprint density at radius 1 is 1.08 bits per heavy atom. The minimum Gasteiger partial charge on any atom is -0.491 e. The van der Waals surface area contributed by atoms with Gasteiger partial charge in [-0.1, -0.05) is 36.4 Å². The highest BCUT2D eigenvalue weighted by atomic mass is 19.4. The van der Waals surface area contributed by atoms with E-state index in [0.29, 0.717) is 13.1 Å². The molecule has 206 valence electrons. The van der Waals surface area contributed by atoms with Crippen LogP contribution in [0, 0.1) is 6.92 Å². The number of nitrogens with one attached hydrogen (secondary N) is 1. The second kappa shape index (κ2) is 12.3. The van der Waals surface area contributed by atoms with Crippen molar-refractivity contribution in [2.24, 2.45) is 0 Å². The summed E-state index contributed by atoms with van der Waals surface area (Å²) < 4.78 is 52.6. The fourth-order valence-corrected chi connectivity index (χ4v) is 4.14. The topological polar surface area (TPSA) is 94.1 Å². The summed E-state index contributed by atoms with van der Waals surface area (Å²) in [5, 5.41) is 13.5. The summed E-state index contributed by atoms with van der Waals surface area (Å²) in [6.45, 7) is 3.07. The Hall–Kier alpha value is -3.89. The van der Waals surface area contributed by atoms with E-state index in [9.17, 15) is 27.9 Å². The monoisotopic (exact) mass is 543 g/mol. The zero-order valence-electron chi connectivity index (χ0n) is 21.2. The van der Waals surface area contributed by atoms with Crippen LogP contribution in [0.1, 0.15) is 27.9 Å². The van der Waals surface area contributed by atoms with E-state index in [-0.39, 0.29) is 18.3 Å². The molecule has 3 aromatic carbocycles. The number of aliphatic hydroxyl groups is 1. The zero-order valence-corrected chi connectivity index (χ0v) is 21.2. The maximum atomic E-state index is 12.3. The standard InChI is InChI=1S/C29H28F3NO6/c1-18-4-2-3-5-25(18)37-17-23(34)15-33-16-24-12-10-22-14-21(11-13-26(22)38-24)19-6-8-20(9-7-19)27(35)39-28(36)29(30,31)32/h2-9,11,13-14,23-24,33-34H,10,12,15-17H2,1H3/t23?,24-/m1/s1. The van der Waals surface area contributed by atoms with Crippen molar-refractivity contribution < 1.29 is 42.1 Å². The number of carbonyl (C=O) groups excluding carboxylic acids is 2. The van der Waals surface area contributed by atoms with Crippen LogP contribution in [0.25, 0.3) is 11.1 Å². The minimum atomic E-state index is -5.24. The molecule has 4 rings (SSSR count). The van der Waals surface area contributed by atoms with Crippen LogP contribution in [-0.2, 0) is 16.0 Å². The minimum absolute atomic E-state index is 0.0578. The van der Waals surface area contributed by atoms with E-state index < -0.39 is 24.2 Å². The summed E-state index contributed by atoms with van der Waals surface area (Å²) in [6.07, 6.45) is -4.41. The number of alkyl halides is 3. The van der Waals surface area contributed by atoms with Crippen LogP contribution in [0.5, 0.6) is 11.5 Å². The van der Waals surface area contributed by atoms with Crippen molar-refractivity contribution >= 4 is 11.9 Å². The smallest absolute Gasteiger partial charge is 0.491 e. The molecule has 0 aromatic heterocycles. The van der Waals surface area contributed by atoms with Crippen molar-refractivity contribution in [1.82, 2.24) is 5.32 Å². The van der Waals surface area contributed by atoms with Crippen molar-refractivity contribution in [2.75, 3.05) is 19.7 Å². The van der Waals surface area contributed by atoms with Gasteiger partial charge in [0.25, 0.3) is 0 Å². The van der Waals surface area contributed by atoms with Crippen molar-refractivity contribution in [3.8, 4) is 22.6 Å². The van der Waals surface area contributed by atoms with Crippen LogP contribution in [0.3, 0.4) is 0 Å². The quantitative estimate of drug-likeness (QED) is 0.300. The van der Waals surface area contributed by atoms with Gasteiger partial charge in [0.05, 0.1) is 5.56 Å². The van der Waals surface area contributed by atoms with Crippen molar-refractivity contribution in [2.45, 2.75) is 38.1 Å². The number of aryl methyl sites for hydroxylation is 2. The first-order valence-electron chi connectivity index (χ1n) is 12.4. The van der Waals surface area contributed by atoms with Gasteiger partial charge in [0.15, 0.2) is 0 Å². The molecule has 1 aliphatic heterocycles. The lowest BCUT2D eigenvalue weighted by molar-refractivity contribution is -0.193. The van der Waals surface area contributed by atoms with Gasteiger partial charge < -0.3 is 24.6 Å². The fourth-order valence-electron chi connectivity index (χ4n) is 4.14. The second-order valence-corrected chi connectivity index (χ2v) is 9.24. The third kappa shape index (κ3) is 7.58. The highest BCUT2D eigenvalue weighted by Crippen LogP contribution is 2.32. The van der Waals surface area contributed by atoms with Gasteiger partial charge in [-0.05, 0) is 72.4 Å². The molecule has 1 heterocycles. The SMILES string of the molecule is Cc1ccccc1OCC(O)CNC[C@H]1CCc2cc(-c3ccc(C(=O)OC(=O)C(F)(F)F)cc3)ccc2O1. The van der Waals surface area contributed by atoms with Crippen molar-refractivity contribution in [3.63, 3.8) is 0 Å². The summed E-state index contributed by atoms with van der Waals surface area (Å²) in [7, 11) is 0. The second-order valence-electron chi connectivity index (χ2n) is 9.24. The molecule has 0 bridgehead atoms. The maximum absolute atomic E-state index is 12.3. The molecule has 2 N–H and O–H groups in total. The number of benzene rings is 3. The Kier molecular flexibility index (Phi) is 8.88. The first kappa shape index (κ1) is 28.1. The van der Waals surface area contributed by atoms with Gasteiger partial charge in [0.1, 0.15) is 30.3 Å². The lowest BCUT2D eigenvalue weighted by atomic mass is 9.96. The molecule has 10 heteroatoms. The first-order chi connectivity index (χ1) is 18.6. The molecule has 0 spiro atoms. The molecule has 0 saturated carbocycles. The number of aliphatic hydroxyl groups excluding tert-OH is 1. The molecular formula is C29H28F3NO6. The summed E-state index contributed by atoms with van der Waals surface area (Å²) >= 11 is 0. The van der Waals surface area contributed by atoms with E-state index in [1.54, 1.807) is 12.1 Å². The molecule has 7 nitrogen and oxygen atoms in total. The summed E-state index contributed by atoms with van der Waals surface area (Å²) in [5.41, 5.74) is 3.43. The number of fused-ring (bicyclic) bond motifs is 1. The number of hydrogen-bond donors (Lipinski definition) is 2. The Labute approximate surface area is 223 Å². The molecule has 0 amide bonds. The number of ether oxygens (including phenoxy) is 3. The molecule has 0 radical (unpaired) electrons. The number of hydrogen-bond acceptors (Lipinski definition) is 7. The molecule has 2 atom stereocenters. The highest BCUT2D eigenvalue weighted by Gasteiger charge is 2.42. The maximum Gasteiger partial charge on any atom is 0.491 e. The van der Waals surface area contributed by atoms with Crippen LogP contribution >= 0.6 is 0 Å². The fraction of sp³-hybridized carbons (Fsp3) is 0.310. The van der Waals surface area contributed by atoms with E-state index in [0.717, 1.165) is 46.6 Å².